The first kappa shape index (κ1) is 13.7. The van der Waals surface area contributed by atoms with Crippen LogP contribution in [0.4, 0.5) is 0 Å². The van der Waals surface area contributed by atoms with Crippen LogP contribution in [0.25, 0.3) is 22.6 Å². The molecule has 0 unspecified atom stereocenters. The number of benzene rings is 1. The largest absolute Gasteiger partial charge is 0.618 e. The summed E-state index contributed by atoms with van der Waals surface area (Å²) in [6.07, 6.45) is 0. The molecular weight excluding hydrogens is 340 g/mol. The standard InChI is InChI=1S/C13H11BrN4O3/c1-3-17-8-5-4-7(14)6-9(8)18(21)10-11(17)15-13(20)16(2)12(10)19/h4-6H,3H2,1-2H3. The molecule has 0 fully saturated rings. The molecule has 2 aliphatic rings. The molecule has 0 amide bonds. The van der Waals surface area contributed by atoms with Gasteiger partial charge in [-0.1, -0.05) is 15.9 Å². The maximum absolute atomic E-state index is 12.5. The third-order valence-corrected chi connectivity index (χ3v) is 3.92. The highest BCUT2D eigenvalue weighted by Crippen LogP contribution is 2.22. The van der Waals surface area contributed by atoms with Crippen LogP contribution in [0.1, 0.15) is 6.92 Å². The van der Waals surface area contributed by atoms with E-state index in [1.807, 2.05) is 6.92 Å². The number of hydrogen-bond donors (Lipinski definition) is 0. The maximum Gasteiger partial charge on any atom is 0.352 e. The smallest absolute Gasteiger partial charge is 0.352 e. The average molecular weight is 351 g/mol. The first-order chi connectivity index (χ1) is 9.95. The first-order valence-corrected chi connectivity index (χ1v) is 7.07. The lowest BCUT2D eigenvalue weighted by Gasteiger charge is -2.16. The summed E-state index contributed by atoms with van der Waals surface area (Å²) >= 11 is 3.31. The summed E-state index contributed by atoms with van der Waals surface area (Å²) in [5, 5.41) is 12.5. The van der Waals surface area contributed by atoms with Crippen molar-refractivity contribution in [2.24, 2.45) is 7.05 Å². The Kier molecular flexibility index (Phi) is 3.05. The highest BCUT2D eigenvalue weighted by atomic mass is 79.9. The van der Waals surface area contributed by atoms with E-state index in [1.165, 1.54) is 7.05 Å². The molecule has 0 aliphatic carbocycles. The second-order valence-electron chi connectivity index (χ2n) is 4.60. The Hall–Kier alpha value is -2.22. The summed E-state index contributed by atoms with van der Waals surface area (Å²) in [6.45, 7) is 2.34. The lowest BCUT2D eigenvalue weighted by molar-refractivity contribution is -0.567. The minimum Gasteiger partial charge on any atom is -0.618 e. The van der Waals surface area contributed by atoms with E-state index in [2.05, 4.69) is 20.9 Å². The summed E-state index contributed by atoms with van der Waals surface area (Å²) in [5.74, 6) is 0.107. The molecule has 108 valence electrons. The normalized spacial score (nSPS) is 11.4. The molecule has 0 N–H and O–H groups in total. The van der Waals surface area contributed by atoms with Crippen molar-refractivity contribution in [1.29, 1.82) is 0 Å². The molecule has 7 nitrogen and oxygen atoms in total. The van der Waals surface area contributed by atoms with Gasteiger partial charge in [-0.15, -0.1) is 0 Å². The molecule has 0 atom stereocenters. The summed E-state index contributed by atoms with van der Waals surface area (Å²) < 4.78 is 3.79. The van der Waals surface area contributed by atoms with Gasteiger partial charge in [-0.25, -0.2) is 4.79 Å². The molecule has 0 bridgehead atoms. The third kappa shape index (κ3) is 1.86. The summed E-state index contributed by atoms with van der Waals surface area (Å²) in [4.78, 5) is 27.9. The van der Waals surface area contributed by atoms with Crippen LogP contribution in [0.3, 0.4) is 0 Å². The SMILES string of the molecule is CCn1c2nc(=O)n(C)c(=O)c-2[n+]([O-])c2cc(Br)ccc21. The Bertz CT molecular complexity index is 960. The van der Waals surface area contributed by atoms with Crippen molar-refractivity contribution in [2.45, 2.75) is 13.5 Å². The quantitative estimate of drug-likeness (QED) is 0.365. The van der Waals surface area contributed by atoms with E-state index in [0.29, 0.717) is 22.3 Å². The predicted molar refractivity (Wildman–Crippen MR) is 80.2 cm³/mol. The number of aromatic nitrogens is 4. The summed E-state index contributed by atoms with van der Waals surface area (Å²) in [5.41, 5.74) is -0.501. The predicted octanol–water partition coefficient (Wildman–Crippen LogP) is 0.616. The van der Waals surface area contributed by atoms with Crippen LogP contribution in [0, 0.1) is 5.21 Å². The van der Waals surface area contributed by atoms with Crippen LogP contribution >= 0.6 is 15.9 Å². The topological polar surface area (TPSA) is 83.8 Å². The van der Waals surface area contributed by atoms with E-state index >= 15 is 0 Å². The summed E-state index contributed by atoms with van der Waals surface area (Å²) in [7, 11) is 1.30. The van der Waals surface area contributed by atoms with E-state index in [0.717, 1.165) is 9.04 Å². The van der Waals surface area contributed by atoms with Gasteiger partial charge >= 0.3 is 16.9 Å². The van der Waals surface area contributed by atoms with Crippen molar-refractivity contribution in [3.63, 3.8) is 0 Å². The Morgan fingerprint density at radius 1 is 1.38 bits per heavy atom. The van der Waals surface area contributed by atoms with Gasteiger partial charge < -0.3 is 9.77 Å². The molecule has 0 saturated heterocycles. The molecule has 1 aromatic rings. The van der Waals surface area contributed by atoms with Crippen LogP contribution in [0.5, 0.6) is 0 Å². The Morgan fingerprint density at radius 3 is 2.76 bits per heavy atom. The van der Waals surface area contributed by atoms with Crippen LogP contribution < -0.4 is 16.0 Å². The fourth-order valence-electron chi connectivity index (χ4n) is 2.37. The van der Waals surface area contributed by atoms with Crippen LogP contribution in [-0.4, -0.2) is 14.1 Å². The number of hydrogen-bond acceptors (Lipinski definition) is 4. The molecule has 0 aromatic heterocycles. The molecule has 0 spiro atoms. The third-order valence-electron chi connectivity index (χ3n) is 3.43. The van der Waals surface area contributed by atoms with Gasteiger partial charge in [-0.05, 0) is 19.1 Å². The zero-order valence-corrected chi connectivity index (χ0v) is 12.9. The molecule has 0 saturated carbocycles. The van der Waals surface area contributed by atoms with Crippen LogP contribution in [0.15, 0.2) is 32.3 Å². The van der Waals surface area contributed by atoms with E-state index in [1.54, 1.807) is 22.8 Å². The van der Waals surface area contributed by atoms with Gasteiger partial charge in [0, 0.05) is 24.1 Å². The molecule has 0 radical (unpaired) electrons. The Morgan fingerprint density at radius 2 is 2.10 bits per heavy atom. The zero-order chi connectivity index (χ0) is 15.3. The fraction of sp³-hybridized carbons (Fsp3) is 0.231. The number of aryl methyl sites for hydroxylation is 1. The van der Waals surface area contributed by atoms with Crippen LogP contribution in [-0.2, 0) is 13.6 Å². The van der Waals surface area contributed by atoms with E-state index < -0.39 is 11.2 Å². The van der Waals surface area contributed by atoms with Gasteiger partial charge in [0.05, 0.1) is 0 Å². The first-order valence-electron chi connectivity index (χ1n) is 6.28. The van der Waals surface area contributed by atoms with Crippen molar-refractivity contribution in [1.82, 2.24) is 14.1 Å². The molecular formula is C13H11BrN4O3. The molecule has 8 heteroatoms. The lowest BCUT2D eigenvalue weighted by Crippen LogP contribution is -2.46. The Balaban J connectivity index is 2.70. The van der Waals surface area contributed by atoms with Crippen molar-refractivity contribution in [3.8, 4) is 11.5 Å². The highest BCUT2D eigenvalue weighted by Gasteiger charge is 2.28. The van der Waals surface area contributed by atoms with Crippen LogP contribution in [0.2, 0.25) is 0 Å². The van der Waals surface area contributed by atoms with Crippen molar-refractivity contribution in [2.75, 3.05) is 0 Å². The van der Waals surface area contributed by atoms with E-state index in [-0.39, 0.29) is 11.5 Å². The van der Waals surface area contributed by atoms with Gasteiger partial charge in [0.2, 0.25) is 11.3 Å². The van der Waals surface area contributed by atoms with Gasteiger partial charge in [0.15, 0.2) is 0 Å². The number of fused-ring (bicyclic) bond motifs is 2. The van der Waals surface area contributed by atoms with E-state index in [4.69, 9.17) is 0 Å². The molecule has 3 rings (SSSR count). The number of halogens is 1. The van der Waals surface area contributed by atoms with Gasteiger partial charge in [-0.2, -0.15) is 9.71 Å². The minimum absolute atomic E-state index is 0.107. The van der Waals surface area contributed by atoms with Crippen molar-refractivity contribution in [3.05, 3.63) is 48.7 Å². The van der Waals surface area contributed by atoms with E-state index in [9.17, 15) is 14.8 Å². The van der Waals surface area contributed by atoms with Gasteiger partial charge in [-0.3, -0.25) is 9.36 Å². The lowest BCUT2D eigenvalue weighted by atomic mass is 10.2. The summed E-state index contributed by atoms with van der Waals surface area (Å²) in [6, 6.07) is 5.18. The van der Waals surface area contributed by atoms with Crippen molar-refractivity contribution < 1.29 is 4.73 Å². The second kappa shape index (κ2) is 4.66. The average Bonchev–Trinajstić information content (AvgIpc) is 2.46. The monoisotopic (exact) mass is 350 g/mol. The molecule has 1 aromatic carbocycles. The number of rotatable bonds is 1. The maximum atomic E-state index is 12.5. The van der Waals surface area contributed by atoms with Gasteiger partial charge in [0.1, 0.15) is 5.52 Å². The molecule has 2 heterocycles. The second-order valence-corrected chi connectivity index (χ2v) is 5.52. The number of nitrogens with zero attached hydrogens (tertiary/aromatic N) is 4. The molecule has 21 heavy (non-hydrogen) atoms. The Labute approximate surface area is 127 Å². The van der Waals surface area contributed by atoms with Gasteiger partial charge in [0.25, 0.3) is 0 Å². The fourth-order valence-corrected chi connectivity index (χ4v) is 2.72. The zero-order valence-electron chi connectivity index (χ0n) is 11.3. The minimum atomic E-state index is -0.675. The van der Waals surface area contributed by atoms with Crippen molar-refractivity contribution >= 4 is 27.0 Å². The highest BCUT2D eigenvalue weighted by molar-refractivity contribution is 9.10. The molecule has 2 aliphatic heterocycles.